The van der Waals surface area contributed by atoms with Crippen LogP contribution < -0.4 is 9.50 Å². The quantitative estimate of drug-likeness (QED) is 0.405. The van der Waals surface area contributed by atoms with Crippen molar-refractivity contribution in [3.05, 3.63) is 64.8 Å². The predicted octanol–water partition coefficient (Wildman–Crippen LogP) is 2.87. The Hall–Kier alpha value is -3.53. The summed E-state index contributed by atoms with van der Waals surface area (Å²) in [4.78, 5) is 25.3. The second-order valence-corrected chi connectivity index (χ2v) is 7.03. The first-order valence-corrected chi connectivity index (χ1v) is 9.03. The Balaban J connectivity index is 2.05. The Morgan fingerprint density at radius 1 is 1.19 bits per heavy atom. The van der Waals surface area contributed by atoms with Crippen LogP contribution in [-0.4, -0.2) is 24.2 Å². The summed E-state index contributed by atoms with van der Waals surface area (Å²) < 4.78 is 30.3. The number of hydrogen-bond donors (Lipinski definition) is 1. The Kier molecular flexibility index (Phi) is 4.74. The highest BCUT2D eigenvalue weighted by molar-refractivity contribution is 7.87. The lowest BCUT2D eigenvalue weighted by Gasteiger charge is -2.12. The van der Waals surface area contributed by atoms with E-state index in [0.717, 1.165) is 6.07 Å². The van der Waals surface area contributed by atoms with Crippen LogP contribution in [-0.2, 0) is 14.9 Å². The van der Waals surface area contributed by atoms with Gasteiger partial charge in [-0.05, 0) is 30.3 Å². The number of rotatable bonds is 5. The fourth-order valence-corrected chi connectivity index (χ4v) is 3.42. The van der Waals surface area contributed by atoms with Crippen LogP contribution >= 0.6 is 0 Å². The number of nitrogens with zero attached hydrogens (tertiary/aromatic N) is 2. The van der Waals surface area contributed by atoms with Crippen molar-refractivity contribution in [2.45, 2.75) is 11.8 Å². The lowest BCUT2D eigenvalue weighted by molar-refractivity contribution is -0.385. The van der Waals surface area contributed by atoms with Crippen LogP contribution in [0, 0.1) is 10.1 Å². The molecule has 3 rings (SSSR count). The Labute approximate surface area is 153 Å². The molecule has 2 aromatic carbocycles. The number of amides is 1. The number of nitro benzene ring substituents is 1. The molecule has 0 saturated heterocycles. The molecule has 3 aromatic rings. The van der Waals surface area contributed by atoms with Crippen LogP contribution in [0.25, 0.3) is 10.9 Å². The number of non-ortho nitro benzene ring substituents is 1. The summed E-state index contributed by atoms with van der Waals surface area (Å²) in [7, 11) is -4.32. The van der Waals surface area contributed by atoms with Crippen molar-refractivity contribution in [2.75, 3.05) is 5.32 Å². The minimum absolute atomic E-state index is 0.0151. The molecule has 9 nitrogen and oxygen atoms in total. The Bertz CT molecular complexity index is 1160. The zero-order valence-corrected chi connectivity index (χ0v) is 14.8. The SMILES string of the molecule is CC(=O)Nc1ccc(OS(=O)(=O)c2cccc([N+](=O)[O-])c2)c2cccnc12. The first-order chi connectivity index (χ1) is 12.8. The molecule has 0 spiro atoms. The van der Waals surface area contributed by atoms with Gasteiger partial charge in [0.2, 0.25) is 5.91 Å². The van der Waals surface area contributed by atoms with Crippen molar-refractivity contribution in [3.8, 4) is 5.75 Å². The van der Waals surface area contributed by atoms with Crippen LogP contribution in [0.5, 0.6) is 5.75 Å². The molecule has 1 heterocycles. The van der Waals surface area contributed by atoms with Crippen molar-refractivity contribution in [3.63, 3.8) is 0 Å². The van der Waals surface area contributed by atoms with Crippen LogP contribution in [0.3, 0.4) is 0 Å². The van der Waals surface area contributed by atoms with Gasteiger partial charge in [0.05, 0.1) is 16.1 Å². The van der Waals surface area contributed by atoms with Gasteiger partial charge in [0.25, 0.3) is 5.69 Å². The molecule has 0 bridgehead atoms. The molecule has 1 amide bonds. The second kappa shape index (κ2) is 7.00. The van der Waals surface area contributed by atoms with Gasteiger partial charge in [0.1, 0.15) is 4.90 Å². The summed E-state index contributed by atoms with van der Waals surface area (Å²) in [6.07, 6.45) is 1.49. The van der Waals surface area contributed by atoms with Crippen LogP contribution in [0.1, 0.15) is 6.92 Å². The highest BCUT2D eigenvalue weighted by Crippen LogP contribution is 2.32. The molecule has 0 saturated carbocycles. The number of hydrogen-bond acceptors (Lipinski definition) is 7. The van der Waals surface area contributed by atoms with E-state index in [1.165, 1.54) is 43.5 Å². The van der Waals surface area contributed by atoms with Crippen molar-refractivity contribution < 1.29 is 22.3 Å². The first-order valence-electron chi connectivity index (χ1n) is 7.62. The van der Waals surface area contributed by atoms with Gasteiger partial charge in [-0.1, -0.05) is 6.07 Å². The normalized spacial score (nSPS) is 11.1. The molecule has 0 atom stereocenters. The molecule has 0 aliphatic rings. The summed E-state index contributed by atoms with van der Waals surface area (Å²) in [5.41, 5.74) is 0.379. The van der Waals surface area contributed by atoms with Crippen LogP contribution in [0.4, 0.5) is 11.4 Å². The fraction of sp³-hybridized carbons (Fsp3) is 0.0588. The number of nitro groups is 1. The average molecular weight is 387 g/mol. The fourth-order valence-electron chi connectivity index (χ4n) is 2.43. The van der Waals surface area contributed by atoms with E-state index in [4.69, 9.17) is 4.18 Å². The lowest BCUT2D eigenvalue weighted by atomic mass is 10.1. The van der Waals surface area contributed by atoms with Crippen LogP contribution in [0.2, 0.25) is 0 Å². The molecule has 0 aliphatic heterocycles. The maximum atomic E-state index is 12.5. The number of carbonyl (C=O) groups is 1. The van der Waals surface area contributed by atoms with E-state index in [9.17, 15) is 23.3 Å². The largest absolute Gasteiger partial charge is 0.378 e. The Morgan fingerprint density at radius 3 is 2.67 bits per heavy atom. The molecular formula is C17H13N3O6S. The topological polar surface area (TPSA) is 128 Å². The van der Waals surface area contributed by atoms with Crippen molar-refractivity contribution in [1.29, 1.82) is 0 Å². The number of aromatic nitrogens is 1. The maximum Gasteiger partial charge on any atom is 0.339 e. The molecule has 1 aromatic heterocycles. The summed E-state index contributed by atoms with van der Waals surface area (Å²) >= 11 is 0. The van der Waals surface area contributed by atoms with E-state index in [-0.39, 0.29) is 22.2 Å². The van der Waals surface area contributed by atoms with Gasteiger partial charge in [0, 0.05) is 30.6 Å². The van der Waals surface area contributed by atoms with Crippen molar-refractivity contribution in [1.82, 2.24) is 4.98 Å². The van der Waals surface area contributed by atoms with E-state index >= 15 is 0 Å². The van der Waals surface area contributed by atoms with Gasteiger partial charge in [-0.15, -0.1) is 0 Å². The summed E-state index contributed by atoms with van der Waals surface area (Å²) in [5, 5.41) is 13.8. The van der Waals surface area contributed by atoms with E-state index in [1.807, 2.05) is 0 Å². The first kappa shape index (κ1) is 18.3. The van der Waals surface area contributed by atoms with Gasteiger partial charge in [-0.3, -0.25) is 19.9 Å². The van der Waals surface area contributed by atoms with Gasteiger partial charge in [-0.2, -0.15) is 8.42 Å². The maximum absolute atomic E-state index is 12.5. The minimum atomic E-state index is -4.32. The highest BCUT2D eigenvalue weighted by Gasteiger charge is 2.21. The smallest absolute Gasteiger partial charge is 0.339 e. The molecule has 138 valence electrons. The highest BCUT2D eigenvalue weighted by atomic mass is 32.2. The molecular weight excluding hydrogens is 374 g/mol. The molecule has 0 fully saturated rings. The minimum Gasteiger partial charge on any atom is -0.378 e. The zero-order valence-electron chi connectivity index (χ0n) is 13.9. The third-order valence-electron chi connectivity index (χ3n) is 3.56. The van der Waals surface area contributed by atoms with Gasteiger partial charge >= 0.3 is 10.1 Å². The summed E-state index contributed by atoms with van der Waals surface area (Å²) in [5.74, 6) is -0.321. The number of nitrogens with one attached hydrogen (secondary N) is 1. The lowest BCUT2D eigenvalue weighted by Crippen LogP contribution is -2.11. The monoisotopic (exact) mass is 387 g/mol. The number of pyridine rings is 1. The summed E-state index contributed by atoms with van der Waals surface area (Å²) in [6, 6.07) is 10.6. The Morgan fingerprint density at radius 2 is 1.96 bits per heavy atom. The molecule has 10 heteroatoms. The number of carbonyl (C=O) groups excluding carboxylic acids is 1. The molecule has 0 unspecified atom stereocenters. The number of anilines is 1. The molecule has 0 aliphatic carbocycles. The van der Waals surface area contributed by atoms with Gasteiger partial charge in [-0.25, -0.2) is 0 Å². The standard InChI is InChI=1S/C17H13N3O6S/c1-11(21)19-15-7-8-16(14-6-3-9-18-17(14)15)26-27(24,25)13-5-2-4-12(10-13)20(22)23/h2-10H,1H3,(H,19,21). The van der Waals surface area contributed by atoms with E-state index < -0.39 is 15.0 Å². The number of benzene rings is 2. The molecule has 27 heavy (non-hydrogen) atoms. The molecule has 1 N–H and O–H groups in total. The van der Waals surface area contributed by atoms with Gasteiger partial charge < -0.3 is 9.50 Å². The summed E-state index contributed by atoms with van der Waals surface area (Å²) in [6.45, 7) is 1.34. The van der Waals surface area contributed by atoms with E-state index in [0.29, 0.717) is 16.6 Å². The van der Waals surface area contributed by atoms with Crippen LogP contribution in [0.15, 0.2) is 59.6 Å². The average Bonchev–Trinajstić information content (AvgIpc) is 2.63. The third kappa shape index (κ3) is 3.85. The van der Waals surface area contributed by atoms with Gasteiger partial charge in [0.15, 0.2) is 5.75 Å². The zero-order chi connectivity index (χ0) is 19.6. The van der Waals surface area contributed by atoms with Crippen molar-refractivity contribution in [2.24, 2.45) is 0 Å². The number of fused-ring (bicyclic) bond motifs is 1. The van der Waals surface area contributed by atoms with E-state index in [1.54, 1.807) is 12.1 Å². The molecule has 0 radical (unpaired) electrons. The van der Waals surface area contributed by atoms with Crippen molar-refractivity contribution >= 4 is 38.3 Å². The second-order valence-electron chi connectivity index (χ2n) is 5.48. The van der Waals surface area contributed by atoms with E-state index in [2.05, 4.69) is 10.3 Å². The predicted molar refractivity (Wildman–Crippen MR) is 97.0 cm³/mol. The third-order valence-corrected chi connectivity index (χ3v) is 4.79.